The predicted molar refractivity (Wildman–Crippen MR) is 90.2 cm³/mol. The molecule has 2 aromatic carbocycles. The highest BCUT2D eigenvalue weighted by Crippen LogP contribution is 2.31. The molecule has 0 aliphatic carbocycles. The molecule has 1 aromatic heterocycles. The first-order chi connectivity index (χ1) is 10.7. The molecule has 0 saturated heterocycles. The normalized spacial score (nSPS) is 14.6. The van der Waals surface area contributed by atoms with E-state index in [-0.39, 0.29) is 0 Å². The molecule has 3 aromatic rings. The van der Waals surface area contributed by atoms with Gasteiger partial charge in [-0.25, -0.2) is 0 Å². The zero-order chi connectivity index (χ0) is 15.1. The minimum atomic E-state index is 0.601. The Labute approximate surface area is 131 Å². The second-order valence-corrected chi connectivity index (χ2v) is 6.24. The molecule has 0 saturated carbocycles. The van der Waals surface area contributed by atoms with Crippen LogP contribution in [0.2, 0.25) is 0 Å². The van der Waals surface area contributed by atoms with Crippen LogP contribution in [0, 0.1) is 0 Å². The van der Waals surface area contributed by atoms with E-state index in [2.05, 4.69) is 65.2 Å². The fraction of sp³-hybridized carbons (Fsp3) is 0.263. The minimum Gasteiger partial charge on any atom is -0.350 e. The summed E-state index contributed by atoms with van der Waals surface area (Å²) in [6.07, 6.45) is 2.15. The minimum absolute atomic E-state index is 0.601. The van der Waals surface area contributed by atoms with Crippen LogP contribution in [-0.2, 0) is 33.2 Å². The molecular weight excluding hydrogens is 270 g/mol. The largest absolute Gasteiger partial charge is 0.350 e. The van der Waals surface area contributed by atoms with E-state index in [0.717, 1.165) is 19.6 Å². The van der Waals surface area contributed by atoms with Crippen molar-refractivity contribution >= 4 is 10.9 Å². The van der Waals surface area contributed by atoms with Gasteiger partial charge in [0.05, 0.1) is 0 Å². The highest BCUT2D eigenvalue weighted by molar-refractivity contribution is 5.85. The fourth-order valence-corrected chi connectivity index (χ4v) is 3.55. The monoisotopic (exact) mass is 291 g/mol. The number of nitrogens with zero attached hydrogens (tertiary/aromatic N) is 2. The van der Waals surface area contributed by atoms with Crippen LogP contribution in [-0.4, -0.2) is 9.47 Å². The highest BCUT2D eigenvalue weighted by Gasteiger charge is 2.21. The van der Waals surface area contributed by atoms with Gasteiger partial charge in [0.1, 0.15) is 0 Å². The van der Waals surface area contributed by atoms with Crippen molar-refractivity contribution in [2.45, 2.75) is 26.2 Å². The van der Waals surface area contributed by atoms with Gasteiger partial charge in [-0.1, -0.05) is 30.3 Å². The molecule has 0 fully saturated rings. The molecule has 0 spiro atoms. The van der Waals surface area contributed by atoms with Crippen LogP contribution in [0.3, 0.4) is 0 Å². The molecule has 0 unspecified atom stereocenters. The van der Waals surface area contributed by atoms with E-state index in [4.69, 9.17) is 5.73 Å². The zero-order valence-corrected chi connectivity index (χ0v) is 12.9. The van der Waals surface area contributed by atoms with Crippen LogP contribution in [0.1, 0.15) is 22.3 Å². The van der Waals surface area contributed by atoms with Gasteiger partial charge >= 0.3 is 0 Å². The number of nitrogens with two attached hydrogens (primary N) is 1. The maximum Gasteiger partial charge on any atom is 0.0484 e. The first-order valence-corrected chi connectivity index (χ1v) is 7.80. The van der Waals surface area contributed by atoms with Gasteiger partial charge in [-0.2, -0.15) is 0 Å². The maximum atomic E-state index is 5.88. The van der Waals surface area contributed by atoms with Gasteiger partial charge in [0.15, 0.2) is 0 Å². The Kier molecular flexibility index (Phi) is 3.25. The van der Waals surface area contributed by atoms with Crippen LogP contribution in [0.5, 0.6) is 0 Å². The second-order valence-electron chi connectivity index (χ2n) is 6.24. The van der Waals surface area contributed by atoms with Crippen LogP contribution < -0.4 is 5.73 Å². The molecule has 22 heavy (non-hydrogen) atoms. The van der Waals surface area contributed by atoms with Gasteiger partial charge in [0, 0.05) is 50.3 Å². The molecule has 1 aliphatic rings. The summed E-state index contributed by atoms with van der Waals surface area (Å²) in [5.41, 5.74) is 12.7. The second kappa shape index (κ2) is 5.27. The number of rotatable bonds is 3. The number of aryl methyl sites for hydroxylation is 1. The van der Waals surface area contributed by atoms with Crippen LogP contribution in [0.4, 0.5) is 0 Å². The topological polar surface area (TPSA) is 34.2 Å². The molecule has 0 bridgehead atoms. The average molecular weight is 291 g/mol. The van der Waals surface area contributed by atoms with E-state index in [0.29, 0.717) is 6.54 Å². The van der Waals surface area contributed by atoms with E-state index >= 15 is 0 Å². The molecular formula is C19H21N3. The van der Waals surface area contributed by atoms with Crippen molar-refractivity contribution in [3.05, 3.63) is 70.9 Å². The molecule has 1 aliphatic heterocycles. The van der Waals surface area contributed by atoms with Crippen molar-refractivity contribution in [3.63, 3.8) is 0 Å². The highest BCUT2D eigenvalue weighted by atomic mass is 15.1. The number of fused-ring (bicyclic) bond motifs is 2. The first-order valence-electron chi connectivity index (χ1n) is 7.80. The van der Waals surface area contributed by atoms with Crippen molar-refractivity contribution in [2.75, 3.05) is 0 Å². The Balaban J connectivity index is 1.65. The SMILES string of the molecule is Cn1cc(CN)c2cc3c(cc21)CN(Cc1ccccc1)C3. The van der Waals surface area contributed by atoms with Crippen molar-refractivity contribution < 1.29 is 0 Å². The summed E-state index contributed by atoms with van der Waals surface area (Å²) >= 11 is 0. The lowest BCUT2D eigenvalue weighted by Crippen LogP contribution is -2.15. The average Bonchev–Trinajstić information content (AvgIpc) is 3.06. The van der Waals surface area contributed by atoms with Gasteiger partial charge in [-0.15, -0.1) is 0 Å². The summed E-state index contributed by atoms with van der Waals surface area (Å²) in [6, 6.07) is 15.4. The van der Waals surface area contributed by atoms with E-state index in [9.17, 15) is 0 Å². The molecule has 0 atom stereocenters. The number of aromatic nitrogens is 1. The van der Waals surface area contributed by atoms with E-state index < -0.39 is 0 Å². The molecule has 4 rings (SSSR count). The summed E-state index contributed by atoms with van der Waals surface area (Å²) < 4.78 is 2.19. The standard InChI is InChI=1S/C19H21N3/c1-21-11-17(9-20)18-7-15-12-22(13-16(15)8-19(18)21)10-14-5-3-2-4-6-14/h2-8,11H,9-10,12-13,20H2,1H3. The van der Waals surface area contributed by atoms with E-state index in [1.54, 1.807) is 0 Å². The molecule has 2 heterocycles. The van der Waals surface area contributed by atoms with Gasteiger partial charge in [-0.05, 0) is 34.4 Å². The zero-order valence-electron chi connectivity index (χ0n) is 12.9. The molecule has 3 heteroatoms. The summed E-state index contributed by atoms with van der Waals surface area (Å²) in [5.74, 6) is 0. The third-order valence-corrected chi connectivity index (χ3v) is 4.65. The third-order valence-electron chi connectivity index (χ3n) is 4.65. The Morgan fingerprint density at radius 2 is 1.77 bits per heavy atom. The van der Waals surface area contributed by atoms with Crippen molar-refractivity contribution in [1.29, 1.82) is 0 Å². The smallest absolute Gasteiger partial charge is 0.0484 e. The lowest BCUT2D eigenvalue weighted by molar-refractivity contribution is 0.275. The predicted octanol–water partition coefficient (Wildman–Crippen LogP) is 3.15. The van der Waals surface area contributed by atoms with Crippen LogP contribution in [0.15, 0.2) is 48.7 Å². The molecule has 0 amide bonds. The van der Waals surface area contributed by atoms with Crippen molar-refractivity contribution in [2.24, 2.45) is 12.8 Å². The lowest BCUT2D eigenvalue weighted by atomic mass is 10.1. The molecule has 2 N–H and O–H groups in total. The quantitative estimate of drug-likeness (QED) is 0.804. The van der Waals surface area contributed by atoms with Crippen molar-refractivity contribution in [1.82, 2.24) is 9.47 Å². The summed E-state index contributed by atoms with van der Waals surface area (Å²) in [5, 5.41) is 1.31. The Morgan fingerprint density at radius 3 is 2.50 bits per heavy atom. The van der Waals surface area contributed by atoms with E-state index in [1.807, 2.05) is 0 Å². The number of hydrogen-bond acceptors (Lipinski definition) is 2. The number of benzene rings is 2. The summed E-state index contributed by atoms with van der Waals surface area (Å²) in [7, 11) is 2.10. The molecule has 3 nitrogen and oxygen atoms in total. The molecule has 112 valence electrons. The van der Waals surface area contributed by atoms with Gasteiger partial charge < -0.3 is 10.3 Å². The Morgan fingerprint density at radius 1 is 1.05 bits per heavy atom. The van der Waals surface area contributed by atoms with Crippen LogP contribution >= 0.6 is 0 Å². The van der Waals surface area contributed by atoms with Gasteiger partial charge in [0.25, 0.3) is 0 Å². The van der Waals surface area contributed by atoms with Crippen molar-refractivity contribution in [3.8, 4) is 0 Å². The Hall–Kier alpha value is -2.10. The first kappa shape index (κ1) is 13.6. The van der Waals surface area contributed by atoms with Gasteiger partial charge in [0.2, 0.25) is 0 Å². The lowest BCUT2D eigenvalue weighted by Gasteiger charge is -2.14. The fourth-order valence-electron chi connectivity index (χ4n) is 3.55. The maximum absolute atomic E-state index is 5.88. The van der Waals surface area contributed by atoms with E-state index in [1.165, 1.54) is 33.2 Å². The van der Waals surface area contributed by atoms with Crippen LogP contribution in [0.25, 0.3) is 10.9 Å². The Bertz CT molecular complexity index is 818. The number of hydrogen-bond donors (Lipinski definition) is 1. The summed E-state index contributed by atoms with van der Waals surface area (Å²) in [6.45, 7) is 3.67. The van der Waals surface area contributed by atoms with Gasteiger partial charge in [-0.3, -0.25) is 4.90 Å². The third kappa shape index (κ3) is 2.23. The summed E-state index contributed by atoms with van der Waals surface area (Å²) in [4.78, 5) is 2.50. The molecule has 0 radical (unpaired) electrons.